The summed E-state index contributed by atoms with van der Waals surface area (Å²) in [5.41, 5.74) is 1.25. The van der Waals surface area contributed by atoms with E-state index < -0.39 is 0 Å². The van der Waals surface area contributed by atoms with Gasteiger partial charge in [0.05, 0.1) is 19.3 Å². The van der Waals surface area contributed by atoms with Crippen molar-refractivity contribution in [2.45, 2.75) is 38.6 Å². The van der Waals surface area contributed by atoms with Crippen LogP contribution < -0.4 is 14.8 Å². The normalized spacial score (nSPS) is 15.5. The third kappa shape index (κ3) is 3.11. The highest BCUT2D eigenvalue weighted by Gasteiger charge is 2.42. The first kappa shape index (κ1) is 16.8. The number of aryl methyl sites for hydroxylation is 1. The summed E-state index contributed by atoms with van der Waals surface area (Å²) in [4.78, 5) is 17.3. The van der Waals surface area contributed by atoms with Crippen LogP contribution in [0.4, 0.5) is 0 Å². The van der Waals surface area contributed by atoms with Crippen molar-refractivity contribution in [2.75, 3.05) is 13.7 Å². The lowest BCUT2D eigenvalue weighted by atomic mass is 9.77. The standard InChI is InChI=1S/C18H22N2O3S/c1-4-23-14-7-6-13(10-15(14)22-3)16(21)20-18(8-5-9-18)17-19-12(2)11-24-17/h6-7,10-11H,4-5,8-9H2,1-3H3,(H,20,21). The maximum absolute atomic E-state index is 12.7. The Kier molecular flexibility index (Phi) is 4.76. The lowest BCUT2D eigenvalue weighted by Gasteiger charge is -2.40. The molecular formula is C18H22N2O3S. The lowest BCUT2D eigenvalue weighted by molar-refractivity contribution is 0.0822. The summed E-state index contributed by atoms with van der Waals surface area (Å²) < 4.78 is 10.8. The van der Waals surface area contributed by atoms with Gasteiger partial charge in [-0.2, -0.15) is 0 Å². The Balaban J connectivity index is 1.81. The van der Waals surface area contributed by atoms with Gasteiger partial charge in [-0.25, -0.2) is 4.98 Å². The fourth-order valence-electron chi connectivity index (χ4n) is 2.87. The van der Waals surface area contributed by atoms with Crippen LogP contribution in [0.2, 0.25) is 0 Å². The van der Waals surface area contributed by atoms with E-state index in [9.17, 15) is 4.79 Å². The van der Waals surface area contributed by atoms with Crippen molar-refractivity contribution in [3.63, 3.8) is 0 Å². The molecule has 1 fully saturated rings. The minimum absolute atomic E-state index is 0.107. The number of nitrogens with one attached hydrogen (secondary N) is 1. The van der Waals surface area contributed by atoms with Gasteiger partial charge >= 0.3 is 0 Å². The largest absolute Gasteiger partial charge is 0.493 e. The molecule has 0 unspecified atom stereocenters. The number of carbonyl (C=O) groups excluding carboxylic acids is 1. The van der Waals surface area contributed by atoms with Crippen molar-refractivity contribution in [1.29, 1.82) is 0 Å². The van der Waals surface area contributed by atoms with Crippen LogP contribution in [0.25, 0.3) is 0 Å². The molecule has 128 valence electrons. The maximum Gasteiger partial charge on any atom is 0.252 e. The average Bonchev–Trinajstić information content (AvgIpc) is 2.98. The van der Waals surface area contributed by atoms with Gasteiger partial charge in [-0.3, -0.25) is 4.79 Å². The Morgan fingerprint density at radius 2 is 2.17 bits per heavy atom. The summed E-state index contributed by atoms with van der Waals surface area (Å²) in [6, 6.07) is 5.26. The minimum atomic E-state index is -0.318. The first-order valence-electron chi connectivity index (χ1n) is 8.14. The molecule has 0 radical (unpaired) electrons. The topological polar surface area (TPSA) is 60.5 Å². The van der Waals surface area contributed by atoms with Crippen LogP contribution in [-0.2, 0) is 5.54 Å². The highest BCUT2D eigenvalue weighted by atomic mass is 32.1. The second-order valence-electron chi connectivity index (χ2n) is 5.98. The van der Waals surface area contributed by atoms with Crippen LogP contribution >= 0.6 is 11.3 Å². The number of benzene rings is 1. The fourth-order valence-corrected chi connectivity index (χ4v) is 3.88. The number of hydrogen-bond acceptors (Lipinski definition) is 5. The van der Waals surface area contributed by atoms with Crippen molar-refractivity contribution >= 4 is 17.2 Å². The van der Waals surface area contributed by atoms with E-state index in [0.717, 1.165) is 30.0 Å². The predicted octanol–water partition coefficient (Wildman–Crippen LogP) is 3.67. The zero-order chi connectivity index (χ0) is 17.2. The smallest absolute Gasteiger partial charge is 0.252 e. The summed E-state index contributed by atoms with van der Waals surface area (Å²) in [5, 5.41) is 6.22. The summed E-state index contributed by atoms with van der Waals surface area (Å²) in [6.45, 7) is 4.44. The number of nitrogens with zero attached hydrogens (tertiary/aromatic N) is 1. The van der Waals surface area contributed by atoms with Gasteiger partial charge in [0, 0.05) is 16.6 Å². The predicted molar refractivity (Wildman–Crippen MR) is 94.0 cm³/mol. The van der Waals surface area contributed by atoms with Crippen LogP contribution in [0.1, 0.15) is 47.2 Å². The van der Waals surface area contributed by atoms with E-state index in [1.807, 2.05) is 19.2 Å². The molecule has 1 N–H and O–H groups in total. The van der Waals surface area contributed by atoms with Crippen LogP contribution in [0.3, 0.4) is 0 Å². The first-order valence-corrected chi connectivity index (χ1v) is 9.02. The van der Waals surface area contributed by atoms with Gasteiger partial charge in [0.25, 0.3) is 5.91 Å². The molecule has 2 aromatic rings. The molecule has 1 heterocycles. The quantitative estimate of drug-likeness (QED) is 0.867. The van der Waals surface area contributed by atoms with E-state index in [-0.39, 0.29) is 11.4 Å². The molecule has 0 saturated heterocycles. The molecule has 3 rings (SSSR count). The van der Waals surface area contributed by atoms with Gasteiger partial charge in [0.15, 0.2) is 11.5 Å². The van der Waals surface area contributed by atoms with Crippen molar-refractivity contribution in [1.82, 2.24) is 10.3 Å². The van der Waals surface area contributed by atoms with Crippen molar-refractivity contribution in [3.05, 3.63) is 39.8 Å². The molecule has 1 aromatic heterocycles. The van der Waals surface area contributed by atoms with Crippen molar-refractivity contribution < 1.29 is 14.3 Å². The zero-order valence-corrected chi connectivity index (χ0v) is 15.0. The van der Waals surface area contributed by atoms with Gasteiger partial charge in [-0.05, 0) is 51.3 Å². The molecule has 6 heteroatoms. The Bertz CT molecular complexity index is 738. The van der Waals surface area contributed by atoms with E-state index in [1.54, 1.807) is 36.6 Å². The molecule has 1 aliphatic carbocycles. The molecule has 5 nitrogen and oxygen atoms in total. The SMILES string of the molecule is CCOc1ccc(C(=O)NC2(c3nc(C)cs3)CCC2)cc1OC. The molecule has 0 spiro atoms. The highest BCUT2D eigenvalue weighted by Crippen LogP contribution is 2.42. The monoisotopic (exact) mass is 346 g/mol. The van der Waals surface area contributed by atoms with E-state index in [0.29, 0.717) is 23.7 Å². The Labute approximate surface area is 146 Å². The summed E-state index contributed by atoms with van der Waals surface area (Å²) in [6.07, 6.45) is 2.96. The van der Waals surface area contributed by atoms with Crippen LogP contribution in [0.15, 0.2) is 23.6 Å². The number of hydrogen-bond donors (Lipinski definition) is 1. The van der Waals surface area contributed by atoms with Crippen LogP contribution in [-0.4, -0.2) is 24.6 Å². The molecule has 1 aliphatic rings. The van der Waals surface area contributed by atoms with Gasteiger partial charge in [0.2, 0.25) is 0 Å². The number of carbonyl (C=O) groups is 1. The van der Waals surface area contributed by atoms with Crippen molar-refractivity contribution in [3.8, 4) is 11.5 Å². The molecule has 1 saturated carbocycles. The van der Waals surface area contributed by atoms with Gasteiger partial charge in [0.1, 0.15) is 5.01 Å². The Morgan fingerprint density at radius 3 is 2.71 bits per heavy atom. The Morgan fingerprint density at radius 1 is 1.38 bits per heavy atom. The zero-order valence-electron chi connectivity index (χ0n) is 14.2. The lowest BCUT2D eigenvalue weighted by Crippen LogP contribution is -2.50. The number of methoxy groups -OCH3 is 1. The van der Waals surface area contributed by atoms with E-state index in [1.165, 1.54) is 0 Å². The number of rotatable bonds is 6. The number of ether oxygens (including phenoxy) is 2. The molecular weight excluding hydrogens is 324 g/mol. The van der Waals surface area contributed by atoms with Crippen molar-refractivity contribution in [2.24, 2.45) is 0 Å². The van der Waals surface area contributed by atoms with E-state index in [4.69, 9.17) is 9.47 Å². The molecule has 1 aromatic carbocycles. The van der Waals surface area contributed by atoms with E-state index >= 15 is 0 Å². The number of aromatic nitrogens is 1. The highest BCUT2D eigenvalue weighted by molar-refractivity contribution is 7.09. The average molecular weight is 346 g/mol. The molecule has 24 heavy (non-hydrogen) atoms. The second kappa shape index (κ2) is 6.81. The minimum Gasteiger partial charge on any atom is -0.493 e. The third-order valence-electron chi connectivity index (χ3n) is 4.31. The number of amides is 1. The van der Waals surface area contributed by atoms with Gasteiger partial charge in [-0.1, -0.05) is 0 Å². The second-order valence-corrected chi connectivity index (χ2v) is 6.84. The molecule has 0 atom stereocenters. The summed E-state index contributed by atoms with van der Waals surface area (Å²) in [5.74, 6) is 1.10. The Hall–Kier alpha value is -2.08. The number of thiazole rings is 1. The molecule has 1 amide bonds. The fraction of sp³-hybridized carbons (Fsp3) is 0.444. The summed E-state index contributed by atoms with van der Waals surface area (Å²) in [7, 11) is 1.57. The van der Waals surface area contributed by atoms with E-state index in [2.05, 4.69) is 10.3 Å². The summed E-state index contributed by atoms with van der Waals surface area (Å²) >= 11 is 1.62. The van der Waals surface area contributed by atoms with Gasteiger partial charge in [-0.15, -0.1) is 11.3 Å². The maximum atomic E-state index is 12.7. The van der Waals surface area contributed by atoms with Gasteiger partial charge < -0.3 is 14.8 Å². The third-order valence-corrected chi connectivity index (χ3v) is 5.48. The first-order chi connectivity index (χ1) is 11.6. The van der Waals surface area contributed by atoms with Crippen LogP contribution in [0.5, 0.6) is 11.5 Å². The van der Waals surface area contributed by atoms with Crippen LogP contribution in [0, 0.1) is 6.92 Å². The molecule has 0 bridgehead atoms. The molecule has 0 aliphatic heterocycles.